The Labute approximate surface area is 75.7 Å². The van der Waals surface area contributed by atoms with Crippen LogP contribution in [0.25, 0.3) is 0 Å². The van der Waals surface area contributed by atoms with Crippen LogP contribution in [0.2, 0.25) is 0 Å². The molecule has 1 rings (SSSR count). The Balaban J connectivity index is 3.29. The van der Waals surface area contributed by atoms with Crippen molar-refractivity contribution in [3.05, 3.63) is 28.0 Å². The SMILES string of the molecule is O=Cc1nccc(Br)c1C(F)F. The fourth-order valence-corrected chi connectivity index (χ4v) is 1.27. The molecular weight excluding hydrogens is 232 g/mol. The van der Waals surface area contributed by atoms with Gasteiger partial charge in [-0.3, -0.25) is 9.78 Å². The summed E-state index contributed by atoms with van der Waals surface area (Å²) in [7, 11) is 0. The Morgan fingerprint density at radius 2 is 2.25 bits per heavy atom. The van der Waals surface area contributed by atoms with Gasteiger partial charge in [0, 0.05) is 10.7 Å². The molecular formula is C7H4BrF2NO. The number of rotatable bonds is 2. The molecule has 0 fully saturated rings. The van der Waals surface area contributed by atoms with E-state index in [1.54, 1.807) is 0 Å². The number of nitrogens with zero attached hydrogens (tertiary/aromatic N) is 1. The van der Waals surface area contributed by atoms with Crippen LogP contribution in [0.4, 0.5) is 8.78 Å². The van der Waals surface area contributed by atoms with Crippen molar-refractivity contribution in [2.45, 2.75) is 6.43 Å². The van der Waals surface area contributed by atoms with Crippen LogP contribution in [0.1, 0.15) is 22.5 Å². The smallest absolute Gasteiger partial charge is 0.267 e. The summed E-state index contributed by atoms with van der Waals surface area (Å²) in [5.74, 6) is 0. The van der Waals surface area contributed by atoms with Gasteiger partial charge in [0.25, 0.3) is 6.43 Å². The van der Waals surface area contributed by atoms with Gasteiger partial charge >= 0.3 is 0 Å². The maximum Gasteiger partial charge on any atom is 0.267 e. The van der Waals surface area contributed by atoms with Gasteiger partial charge in [-0.05, 0) is 6.07 Å². The highest BCUT2D eigenvalue weighted by molar-refractivity contribution is 9.10. The summed E-state index contributed by atoms with van der Waals surface area (Å²) in [5.41, 5.74) is -0.577. The number of aromatic nitrogens is 1. The van der Waals surface area contributed by atoms with Crippen LogP contribution in [-0.2, 0) is 0 Å². The average Bonchev–Trinajstić information content (AvgIpc) is 2.03. The van der Waals surface area contributed by atoms with E-state index in [1.807, 2.05) is 0 Å². The maximum absolute atomic E-state index is 12.2. The highest BCUT2D eigenvalue weighted by Gasteiger charge is 2.16. The first-order valence-electron chi connectivity index (χ1n) is 3.04. The molecule has 0 unspecified atom stereocenters. The molecule has 0 N–H and O–H groups in total. The third kappa shape index (κ3) is 1.66. The standard InChI is InChI=1S/C7H4BrF2NO/c8-4-1-2-11-5(3-12)6(4)7(9)10/h1-3,7H. The second-order valence-corrected chi connectivity index (χ2v) is 2.86. The van der Waals surface area contributed by atoms with Crippen molar-refractivity contribution in [1.29, 1.82) is 0 Å². The molecule has 1 aromatic heterocycles. The molecule has 0 aliphatic heterocycles. The Hall–Kier alpha value is -0.840. The topological polar surface area (TPSA) is 30.0 Å². The van der Waals surface area contributed by atoms with Crippen molar-refractivity contribution in [3.63, 3.8) is 0 Å². The number of carbonyl (C=O) groups excluding carboxylic acids is 1. The van der Waals surface area contributed by atoms with E-state index >= 15 is 0 Å². The van der Waals surface area contributed by atoms with Crippen molar-refractivity contribution < 1.29 is 13.6 Å². The molecule has 0 spiro atoms. The number of hydrogen-bond acceptors (Lipinski definition) is 2. The van der Waals surface area contributed by atoms with Gasteiger partial charge in [0.15, 0.2) is 6.29 Å². The monoisotopic (exact) mass is 235 g/mol. The predicted molar refractivity (Wildman–Crippen MR) is 42.3 cm³/mol. The highest BCUT2D eigenvalue weighted by Crippen LogP contribution is 2.28. The van der Waals surface area contributed by atoms with Gasteiger partial charge in [-0.2, -0.15) is 0 Å². The van der Waals surface area contributed by atoms with Crippen molar-refractivity contribution in [1.82, 2.24) is 4.98 Å². The number of aldehydes is 1. The fourth-order valence-electron chi connectivity index (χ4n) is 0.775. The zero-order chi connectivity index (χ0) is 9.14. The van der Waals surface area contributed by atoms with E-state index < -0.39 is 6.43 Å². The van der Waals surface area contributed by atoms with Gasteiger partial charge in [0.05, 0.1) is 5.56 Å². The zero-order valence-electron chi connectivity index (χ0n) is 5.80. The third-order valence-electron chi connectivity index (χ3n) is 1.30. The fraction of sp³-hybridized carbons (Fsp3) is 0.143. The lowest BCUT2D eigenvalue weighted by Gasteiger charge is -2.03. The summed E-state index contributed by atoms with van der Waals surface area (Å²) in [6.07, 6.45) is -1.08. The normalized spacial score (nSPS) is 10.3. The molecule has 1 heterocycles. The van der Waals surface area contributed by atoms with Gasteiger partial charge < -0.3 is 0 Å². The van der Waals surface area contributed by atoms with E-state index in [4.69, 9.17) is 0 Å². The Morgan fingerprint density at radius 3 is 2.67 bits per heavy atom. The lowest BCUT2D eigenvalue weighted by molar-refractivity contribution is 0.110. The molecule has 0 aliphatic carbocycles. The quantitative estimate of drug-likeness (QED) is 0.738. The average molecular weight is 236 g/mol. The number of hydrogen-bond donors (Lipinski definition) is 0. The molecule has 0 saturated heterocycles. The molecule has 0 aliphatic rings. The van der Waals surface area contributed by atoms with E-state index in [9.17, 15) is 13.6 Å². The second kappa shape index (κ2) is 3.71. The number of alkyl halides is 2. The molecule has 0 aromatic carbocycles. The first kappa shape index (κ1) is 9.25. The molecule has 12 heavy (non-hydrogen) atoms. The first-order valence-corrected chi connectivity index (χ1v) is 3.84. The molecule has 2 nitrogen and oxygen atoms in total. The van der Waals surface area contributed by atoms with Crippen LogP contribution in [-0.4, -0.2) is 11.3 Å². The molecule has 64 valence electrons. The number of carbonyl (C=O) groups is 1. The minimum Gasteiger partial charge on any atom is -0.296 e. The van der Waals surface area contributed by atoms with Crippen LogP contribution in [0.3, 0.4) is 0 Å². The van der Waals surface area contributed by atoms with E-state index in [1.165, 1.54) is 12.3 Å². The van der Waals surface area contributed by atoms with Crippen LogP contribution in [0.5, 0.6) is 0 Å². The van der Waals surface area contributed by atoms with Gasteiger partial charge in [0.2, 0.25) is 0 Å². The Morgan fingerprint density at radius 1 is 1.58 bits per heavy atom. The number of halogens is 3. The predicted octanol–water partition coefficient (Wildman–Crippen LogP) is 2.59. The molecule has 0 bridgehead atoms. The second-order valence-electron chi connectivity index (χ2n) is 2.01. The molecule has 5 heteroatoms. The van der Waals surface area contributed by atoms with Crippen LogP contribution in [0.15, 0.2) is 16.7 Å². The maximum atomic E-state index is 12.2. The Bertz CT molecular complexity index is 303. The van der Waals surface area contributed by atoms with Crippen molar-refractivity contribution in [2.75, 3.05) is 0 Å². The van der Waals surface area contributed by atoms with Crippen LogP contribution >= 0.6 is 15.9 Å². The summed E-state index contributed by atoms with van der Waals surface area (Å²) in [6.45, 7) is 0. The summed E-state index contributed by atoms with van der Waals surface area (Å²) in [6, 6.07) is 1.37. The van der Waals surface area contributed by atoms with Gasteiger partial charge in [-0.15, -0.1) is 0 Å². The molecule has 0 amide bonds. The summed E-state index contributed by atoms with van der Waals surface area (Å²) in [4.78, 5) is 13.8. The van der Waals surface area contributed by atoms with E-state index in [0.29, 0.717) is 6.29 Å². The van der Waals surface area contributed by atoms with E-state index in [0.717, 1.165) is 0 Å². The van der Waals surface area contributed by atoms with Gasteiger partial charge in [-0.1, -0.05) is 15.9 Å². The van der Waals surface area contributed by atoms with E-state index in [2.05, 4.69) is 20.9 Å². The third-order valence-corrected chi connectivity index (χ3v) is 1.99. The van der Waals surface area contributed by atoms with Gasteiger partial charge in [-0.25, -0.2) is 8.78 Å². The van der Waals surface area contributed by atoms with Crippen LogP contribution in [0, 0.1) is 0 Å². The van der Waals surface area contributed by atoms with Crippen molar-refractivity contribution in [3.8, 4) is 0 Å². The molecule has 0 radical (unpaired) electrons. The van der Waals surface area contributed by atoms with Crippen molar-refractivity contribution in [2.24, 2.45) is 0 Å². The molecule has 1 aromatic rings. The summed E-state index contributed by atoms with van der Waals surface area (Å²) < 4.78 is 24.7. The number of pyridine rings is 1. The summed E-state index contributed by atoms with van der Waals surface area (Å²) in [5, 5.41) is 0. The minimum absolute atomic E-state index is 0.203. The lowest BCUT2D eigenvalue weighted by Crippen LogP contribution is -1.97. The Kier molecular flexibility index (Phi) is 2.86. The highest BCUT2D eigenvalue weighted by atomic mass is 79.9. The van der Waals surface area contributed by atoms with E-state index in [-0.39, 0.29) is 15.7 Å². The van der Waals surface area contributed by atoms with Crippen LogP contribution < -0.4 is 0 Å². The summed E-state index contributed by atoms with van der Waals surface area (Å²) >= 11 is 2.91. The minimum atomic E-state index is -2.69. The largest absolute Gasteiger partial charge is 0.296 e. The first-order chi connectivity index (χ1) is 5.66. The molecule has 0 atom stereocenters. The zero-order valence-corrected chi connectivity index (χ0v) is 7.38. The molecule has 0 saturated carbocycles. The lowest BCUT2D eigenvalue weighted by atomic mass is 10.2. The van der Waals surface area contributed by atoms with Gasteiger partial charge in [0.1, 0.15) is 5.69 Å². The van der Waals surface area contributed by atoms with Crippen molar-refractivity contribution >= 4 is 22.2 Å².